The lowest BCUT2D eigenvalue weighted by Gasteiger charge is -2.46. The molecule has 13 rings (SSSR count). The molecule has 0 saturated carbocycles. The zero-order chi connectivity index (χ0) is 40.0. The topological polar surface area (TPSA) is 20.5 Å². The average molecular weight is 790 g/mol. The van der Waals surface area contributed by atoms with Gasteiger partial charge in [0, 0.05) is 37.9 Å². The molecule has 6 aliphatic rings. The lowest BCUT2D eigenvalue weighted by atomic mass is 9.63. The third kappa shape index (κ3) is 4.66. The smallest absolute Gasteiger partial charge is 0.120 e. The molecule has 1 aromatic heterocycles. The summed E-state index contributed by atoms with van der Waals surface area (Å²) in [5, 5.41) is 5.32. The molecule has 3 aliphatic heterocycles. The van der Waals surface area contributed by atoms with Crippen molar-refractivity contribution in [1.29, 1.82) is 0 Å². The molecule has 0 saturated heterocycles. The van der Waals surface area contributed by atoms with Crippen molar-refractivity contribution < 1.29 is 0 Å². The number of hydrogen-bond donors (Lipinski definition) is 0. The van der Waals surface area contributed by atoms with Crippen LogP contribution in [0.1, 0.15) is 38.3 Å². The Hall–Kier alpha value is -6.36. The largest absolute Gasteiger partial charge is 0.319 e. The van der Waals surface area contributed by atoms with E-state index in [1.807, 2.05) is 11.8 Å². The highest BCUT2D eigenvalue weighted by Gasteiger charge is 2.59. The van der Waals surface area contributed by atoms with Crippen molar-refractivity contribution >= 4 is 55.9 Å². The normalized spacial score (nSPS) is 27.0. The number of fused-ring (bicyclic) bond motifs is 13. The lowest BCUT2D eigenvalue weighted by Crippen LogP contribution is -2.52. The lowest BCUT2D eigenvalue weighted by molar-refractivity contribution is 0.351. The number of nitrogens with zero attached hydrogens (tertiary/aromatic N) is 3. The van der Waals surface area contributed by atoms with E-state index in [9.17, 15) is 0 Å². The second-order valence-electron chi connectivity index (χ2n) is 18.1. The van der Waals surface area contributed by atoms with Gasteiger partial charge in [-0.05, 0) is 106 Å². The molecule has 5 unspecified atom stereocenters. The van der Waals surface area contributed by atoms with Crippen LogP contribution < -0.4 is 0 Å². The van der Waals surface area contributed by atoms with E-state index in [0.29, 0.717) is 0 Å². The zero-order valence-electron chi connectivity index (χ0n) is 33.9. The Morgan fingerprint density at radius 2 is 1.33 bits per heavy atom. The van der Waals surface area contributed by atoms with Crippen molar-refractivity contribution in [3.8, 4) is 16.8 Å². The molecule has 6 aromatic carbocycles. The molecule has 60 heavy (non-hydrogen) atoms. The molecular formula is C56H43N3S. The van der Waals surface area contributed by atoms with Crippen LogP contribution in [0.25, 0.3) is 55.1 Å². The third-order valence-electron chi connectivity index (χ3n) is 14.6. The van der Waals surface area contributed by atoms with Crippen LogP contribution in [0.2, 0.25) is 0 Å². The molecule has 4 heterocycles. The summed E-state index contributed by atoms with van der Waals surface area (Å²) in [5.74, 6) is 1.20. The number of thioether (sulfide) groups is 1. The number of allylic oxidation sites excluding steroid dienone is 9. The van der Waals surface area contributed by atoms with Crippen LogP contribution in [0.5, 0.6) is 0 Å². The SMILES string of the molecule is CC12C=CC=CC1=CC1=C(C2)C2(C)N=C3C4Sc5cc6ccccc6cc5C4(C)C=C(c4ccc(-c5ccc(-n6c7ccccc7c7ccccc76)cc5)cc4)N3C2C=C1. The predicted molar refractivity (Wildman–Crippen MR) is 252 cm³/mol. The number of amidine groups is 1. The first-order valence-corrected chi connectivity index (χ1v) is 22.2. The Kier molecular flexibility index (Phi) is 6.97. The van der Waals surface area contributed by atoms with E-state index in [-0.39, 0.29) is 27.7 Å². The van der Waals surface area contributed by atoms with Gasteiger partial charge in [0.15, 0.2) is 0 Å². The minimum absolute atomic E-state index is 0.0290. The summed E-state index contributed by atoms with van der Waals surface area (Å²) in [6, 6.07) is 49.6. The van der Waals surface area contributed by atoms with E-state index >= 15 is 0 Å². The Morgan fingerprint density at radius 1 is 0.683 bits per heavy atom. The number of hydrogen-bond acceptors (Lipinski definition) is 3. The highest BCUT2D eigenvalue weighted by atomic mass is 32.2. The van der Waals surface area contributed by atoms with Crippen molar-refractivity contribution in [2.45, 2.75) is 54.3 Å². The van der Waals surface area contributed by atoms with Crippen LogP contribution in [-0.2, 0) is 5.41 Å². The monoisotopic (exact) mass is 789 g/mol. The first kappa shape index (κ1) is 34.5. The van der Waals surface area contributed by atoms with Gasteiger partial charge in [0.05, 0.1) is 22.3 Å². The summed E-state index contributed by atoms with van der Waals surface area (Å²) >= 11 is 2.01. The van der Waals surface area contributed by atoms with Gasteiger partial charge in [0.25, 0.3) is 0 Å². The van der Waals surface area contributed by atoms with Crippen molar-refractivity contribution in [3.05, 3.63) is 210 Å². The van der Waals surface area contributed by atoms with E-state index in [1.54, 1.807) is 0 Å². The molecular weight excluding hydrogens is 747 g/mol. The second-order valence-corrected chi connectivity index (χ2v) is 19.3. The molecule has 0 fully saturated rings. The molecule has 3 nitrogen and oxygen atoms in total. The minimum atomic E-state index is -0.387. The summed E-state index contributed by atoms with van der Waals surface area (Å²) in [6.07, 6.45) is 19.9. The van der Waals surface area contributed by atoms with Gasteiger partial charge in [0.1, 0.15) is 11.4 Å². The third-order valence-corrected chi connectivity index (χ3v) is 16.1. The molecule has 0 N–H and O–H groups in total. The van der Waals surface area contributed by atoms with Crippen LogP contribution in [-0.4, -0.2) is 32.1 Å². The zero-order valence-corrected chi connectivity index (χ0v) is 34.7. The van der Waals surface area contributed by atoms with Crippen molar-refractivity contribution in [2.75, 3.05) is 0 Å². The van der Waals surface area contributed by atoms with Crippen LogP contribution >= 0.6 is 11.8 Å². The van der Waals surface area contributed by atoms with E-state index in [2.05, 4.69) is 212 Å². The predicted octanol–water partition coefficient (Wildman–Crippen LogP) is 13.6. The molecule has 4 heteroatoms. The standard InChI is InChI=1S/C56H43N3S/c1-54-29-11-10-14-41(54)30-40-25-28-51-56(3,46(40)33-54)57-53-52-55(2,45-31-38-12-4-5-13-39(38)32-50(45)60-52)34-49(59(51)53)37-21-19-35(20-22-37)36-23-26-42(27-24-36)58-47-17-8-6-15-43(47)44-16-7-9-18-48(44)58/h4-32,34,51-52H,33H2,1-3H3. The maximum Gasteiger partial charge on any atom is 0.120 e. The van der Waals surface area contributed by atoms with Crippen molar-refractivity contribution in [3.63, 3.8) is 0 Å². The minimum Gasteiger partial charge on any atom is -0.319 e. The van der Waals surface area contributed by atoms with Gasteiger partial charge in [0.2, 0.25) is 0 Å². The highest BCUT2D eigenvalue weighted by Crippen LogP contribution is 2.60. The van der Waals surface area contributed by atoms with Gasteiger partial charge in [-0.15, -0.1) is 11.8 Å². The maximum atomic E-state index is 5.96. The van der Waals surface area contributed by atoms with E-state index in [4.69, 9.17) is 4.99 Å². The maximum absolute atomic E-state index is 5.96. The Bertz CT molecular complexity index is 3210. The van der Waals surface area contributed by atoms with Gasteiger partial charge in [-0.1, -0.05) is 153 Å². The Morgan fingerprint density at radius 3 is 2.07 bits per heavy atom. The summed E-state index contributed by atoms with van der Waals surface area (Å²) < 4.78 is 2.39. The van der Waals surface area contributed by atoms with Crippen LogP contribution in [0.3, 0.4) is 0 Å². The van der Waals surface area contributed by atoms with E-state index < -0.39 is 0 Å². The fraction of sp³-hybridized carbons (Fsp3) is 0.161. The van der Waals surface area contributed by atoms with Gasteiger partial charge in [-0.3, -0.25) is 4.99 Å². The number of para-hydroxylation sites is 2. The Labute approximate surface area is 355 Å². The van der Waals surface area contributed by atoms with Crippen LogP contribution in [0.15, 0.2) is 209 Å². The summed E-state index contributed by atoms with van der Waals surface area (Å²) in [7, 11) is 0. The molecule has 5 atom stereocenters. The molecule has 0 amide bonds. The molecule has 7 aromatic rings. The Balaban J connectivity index is 0.915. The molecule has 0 radical (unpaired) electrons. The fourth-order valence-corrected chi connectivity index (χ4v) is 12.9. The van der Waals surface area contributed by atoms with Gasteiger partial charge < -0.3 is 9.47 Å². The highest BCUT2D eigenvalue weighted by molar-refractivity contribution is 8.01. The van der Waals surface area contributed by atoms with Gasteiger partial charge in [-0.2, -0.15) is 0 Å². The first-order valence-electron chi connectivity index (χ1n) is 21.3. The molecule has 0 spiro atoms. The fourth-order valence-electron chi connectivity index (χ4n) is 11.4. The number of benzene rings is 6. The molecule has 288 valence electrons. The van der Waals surface area contributed by atoms with Crippen molar-refractivity contribution in [1.82, 2.24) is 9.47 Å². The average Bonchev–Trinajstić information content (AvgIpc) is 3.89. The molecule has 0 bridgehead atoms. The summed E-state index contributed by atoms with van der Waals surface area (Å²) in [6.45, 7) is 7.26. The number of aromatic nitrogens is 1. The number of rotatable bonds is 3. The van der Waals surface area contributed by atoms with E-state index in [0.717, 1.165) is 6.42 Å². The summed E-state index contributed by atoms with van der Waals surface area (Å²) in [5.41, 5.74) is 13.5. The molecule has 3 aliphatic carbocycles. The van der Waals surface area contributed by atoms with Gasteiger partial charge >= 0.3 is 0 Å². The van der Waals surface area contributed by atoms with Crippen LogP contribution in [0, 0.1) is 5.41 Å². The quantitative estimate of drug-likeness (QED) is 0.178. The van der Waals surface area contributed by atoms with Crippen LogP contribution in [0.4, 0.5) is 0 Å². The number of aliphatic imine (C=N–C) groups is 1. The van der Waals surface area contributed by atoms with E-state index in [1.165, 1.54) is 93.7 Å². The second kappa shape index (κ2) is 12.1. The van der Waals surface area contributed by atoms with Crippen molar-refractivity contribution in [2.24, 2.45) is 10.4 Å². The van der Waals surface area contributed by atoms with Gasteiger partial charge in [-0.25, -0.2) is 0 Å². The first-order chi connectivity index (χ1) is 29.3. The summed E-state index contributed by atoms with van der Waals surface area (Å²) in [4.78, 5) is 9.96.